The lowest BCUT2D eigenvalue weighted by atomic mass is 9.76. The van der Waals surface area contributed by atoms with Crippen LogP contribution in [-0.2, 0) is 26.5 Å². The van der Waals surface area contributed by atoms with Crippen molar-refractivity contribution < 1.29 is 24.4 Å². The number of nitrogens with zero attached hydrogens (tertiary/aromatic N) is 1. The highest BCUT2D eigenvalue weighted by Gasteiger charge is 2.74. The number of methoxy groups -OCH3 is 1. The van der Waals surface area contributed by atoms with Gasteiger partial charge in [-0.15, -0.1) is 0 Å². The molecule has 0 saturated carbocycles. The quantitative estimate of drug-likeness (QED) is 0.728. The molecule has 31 heavy (non-hydrogen) atoms. The van der Waals surface area contributed by atoms with Crippen molar-refractivity contribution in [3.8, 4) is 5.75 Å². The third-order valence-electron chi connectivity index (χ3n) is 7.07. The first-order valence-corrected chi connectivity index (χ1v) is 10.6. The average molecular weight is 420 g/mol. The van der Waals surface area contributed by atoms with Gasteiger partial charge in [0.2, 0.25) is 17.4 Å². The number of amides is 3. The lowest BCUT2D eigenvalue weighted by molar-refractivity contribution is -0.738. The summed E-state index contributed by atoms with van der Waals surface area (Å²) in [5.41, 5.74) is 1.27. The number of imide groups is 1. The first kappa shape index (κ1) is 19.8. The van der Waals surface area contributed by atoms with Crippen LogP contribution in [0.15, 0.2) is 48.5 Å². The van der Waals surface area contributed by atoms with Crippen molar-refractivity contribution in [2.45, 2.75) is 32.0 Å². The zero-order valence-corrected chi connectivity index (χ0v) is 17.8. The Kier molecular flexibility index (Phi) is 4.41. The van der Waals surface area contributed by atoms with Crippen molar-refractivity contribution in [1.82, 2.24) is 4.90 Å². The number of para-hydroxylation sites is 1. The van der Waals surface area contributed by atoms with Crippen LogP contribution in [0.25, 0.3) is 0 Å². The Hall–Kier alpha value is -3.19. The van der Waals surface area contributed by atoms with E-state index in [-0.39, 0.29) is 36.2 Å². The van der Waals surface area contributed by atoms with E-state index in [2.05, 4.69) is 5.32 Å². The Morgan fingerprint density at radius 2 is 1.77 bits per heavy atom. The molecule has 1 spiro atoms. The van der Waals surface area contributed by atoms with Gasteiger partial charge in [-0.25, -0.2) is 0 Å². The summed E-state index contributed by atoms with van der Waals surface area (Å²) in [5, 5.41) is 4.93. The van der Waals surface area contributed by atoms with Crippen LogP contribution in [-0.4, -0.2) is 35.8 Å². The standard InChI is InChI=1S/C24H25N3O4/c1-13(2)20-18-19(24(26-20)16-6-4-5-7-17(16)25-23(24)30)22(29)27(21(18)28)12-14-8-10-15(31-3)11-9-14/h4-11,13,18-20,26H,12H2,1-3H3,(H,25,30)/p+1/t18-,19+,20+,24+/m0/s1. The fourth-order valence-electron chi connectivity index (χ4n) is 5.58. The molecule has 0 aromatic heterocycles. The zero-order chi connectivity index (χ0) is 21.9. The van der Waals surface area contributed by atoms with E-state index in [9.17, 15) is 14.4 Å². The number of benzene rings is 2. The molecule has 5 rings (SSSR count). The van der Waals surface area contributed by atoms with Crippen molar-refractivity contribution in [1.29, 1.82) is 0 Å². The summed E-state index contributed by atoms with van der Waals surface area (Å²) >= 11 is 0. The van der Waals surface area contributed by atoms with E-state index < -0.39 is 17.4 Å². The van der Waals surface area contributed by atoms with Crippen LogP contribution in [0.5, 0.6) is 5.75 Å². The highest BCUT2D eigenvalue weighted by Crippen LogP contribution is 2.50. The van der Waals surface area contributed by atoms with Gasteiger partial charge in [-0.05, 0) is 23.8 Å². The largest absolute Gasteiger partial charge is 0.497 e. The molecule has 7 nitrogen and oxygen atoms in total. The SMILES string of the molecule is COc1ccc(CN2C(=O)[C@@H]3[C@@H](C(C)C)[NH2+][C@@]4(C(=O)Nc5ccccc54)[C@H]3C2=O)cc1. The van der Waals surface area contributed by atoms with Crippen LogP contribution in [0.1, 0.15) is 25.0 Å². The molecule has 3 aliphatic rings. The van der Waals surface area contributed by atoms with Gasteiger partial charge in [-0.1, -0.05) is 44.2 Å². The number of hydrogen-bond acceptors (Lipinski definition) is 4. The number of quaternary nitrogens is 1. The number of ether oxygens (including phenoxy) is 1. The molecule has 7 heteroatoms. The number of nitrogens with one attached hydrogen (secondary N) is 1. The summed E-state index contributed by atoms with van der Waals surface area (Å²) in [5.74, 6) is -1.05. The van der Waals surface area contributed by atoms with Crippen LogP contribution in [0.4, 0.5) is 5.69 Å². The van der Waals surface area contributed by atoms with E-state index in [1.807, 2.05) is 67.7 Å². The van der Waals surface area contributed by atoms with E-state index in [1.165, 1.54) is 4.90 Å². The number of carbonyl (C=O) groups is 3. The summed E-state index contributed by atoms with van der Waals surface area (Å²) < 4.78 is 5.19. The molecule has 160 valence electrons. The van der Waals surface area contributed by atoms with Crippen molar-refractivity contribution in [2.24, 2.45) is 17.8 Å². The molecule has 2 aromatic rings. The van der Waals surface area contributed by atoms with E-state index in [0.717, 1.165) is 16.8 Å². The van der Waals surface area contributed by atoms with Crippen molar-refractivity contribution in [2.75, 3.05) is 12.4 Å². The number of nitrogens with two attached hydrogens (primary N) is 1. The minimum atomic E-state index is -1.10. The highest BCUT2D eigenvalue weighted by atomic mass is 16.5. The Morgan fingerprint density at radius 1 is 1.06 bits per heavy atom. The normalized spacial score (nSPS) is 29.0. The van der Waals surface area contributed by atoms with Crippen LogP contribution < -0.4 is 15.4 Å². The topological polar surface area (TPSA) is 92.3 Å². The minimum Gasteiger partial charge on any atom is -0.497 e. The number of fused-ring (bicyclic) bond motifs is 4. The van der Waals surface area contributed by atoms with Gasteiger partial charge in [0.25, 0.3) is 5.91 Å². The van der Waals surface area contributed by atoms with Gasteiger partial charge < -0.3 is 15.4 Å². The second-order valence-corrected chi connectivity index (χ2v) is 8.97. The molecule has 2 saturated heterocycles. The maximum Gasteiger partial charge on any atom is 0.291 e. The first-order chi connectivity index (χ1) is 14.9. The Bertz CT molecular complexity index is 1080. The molecule has 0 unspecified atom stereocenters. The maximum atomic E-state index is 13.7. The number of carbonyl (C=O) groups excluding carboxylic acids is 3. The van der Waals surface area contributed by atoms with Crippen LogP contribution in [0, 0.1) is 17.8 Å². The molecule has 3 amide bonds. The van der Waals surface area contributed by atoms with Crippen molar-refractivity contribution in [3.05, 3.63) is 59.7 Å². The third-order valence-corrected chi connectivity index (χ3v) is 7.07. The van der Waals surface area contributed by atoms with E-state index in [4.69, 9.17) is 4.74 Å². The van der Waals surface area contributed by atoms with E-state index in [1.54, 1.807) is 7.11 Å². The van der Waals surface area contributed by atoms with Crippen LogP contribution in [0.2, 0.25) is 0 Å². The molecule has 2 aromatic carbocycles. The fraction of sp³-hybridized carbons (Fsp3) is 0.375. The molecular weight excluding hydrogens is 394 g/mol. The summed E-state index contributed by atoms with van der Waals surface area (Å²) in [6, 6.07) is 14.7. The fourth-order valence-corrected chi connectivity index (χ4v) is 5.58. The Labute approximate surface area is 180 Å². The van der Waals surface area contributed by atoms with Gasteiger partial charge in [0.05, 0.1) is 19.3 Å². The third kappa shape index (κ3) is 2.66. The zero-order valence-electron chi connectivity index (χ0n) is 17.8. The molecule has 0 bridgehead atoms. The van der Waals surface area contributed by atoms with Gasteiger partial charge in [0.15, 0.2) is 0 Å². The summed E-state index contributed by atoms with van der Waals surface area (Å²) in [4.78, 5) is 41.9. The predicted molar refractivity (Wildman–Crippen MR) is 113 cm³/mol. The van der Waals surface area contributed by atoms with E-state index in [0.29, 0.717) is 5.75 Å². The van der Waals surface area contributed by atoms with Crippen LogP contribution in [0.3, 0.4) is 0 Å². The second-order valence-electron chi connectivity index (χ2n) is 8.97. The maximum absolute atomic E-state index is 13.7. The average Bonchev–Trinajstić information content (AvgIpc) is 3.35. The predicted octanol–water partition coefficient (Wildman–Crippen LogP) is 1.25. The number of rotatable bonds is 4. The molecule has 3 N–H and O–H groups in total. The van der Waals surface area contributed by atoms with E-state index >= 15 is 0 Å². The lowest BCUT2D eigenvalue weighted by Gasteiger charge is -2.27. The van der Waals surface area contributed by atoms with Crippen molar-refractivity contribution >= 4 is 23.4 Å². The highest BCUT2D eigenvalue weighted by molar-refractivity contribution is 6.13. The summed E-state index contributed by atoms with van der Waals surface area (Å²) in [7, 11) is 1.59. The molecule has 0 radical (unpaired) electrons. The monoisotopic (exact) mass is 420 g/mol. The molecule has 3 heterocycles. The number of hydrogen-bond donors (Lipinski definition) is 2. The van der Waals surface area contributed by atoms with Gasteiger partial charge in [-0.3, -0.25) is 19.3 Å². The smallest absolute Gasteiger partial charge is 0.291 e. The molecule has 4 atom stereocenters. The Morgan fingerprint density at radius 3 is 2.45 bits per heavy atom. The lowest BCUT2D eigenvalue weighted by Crippen LogP contribution is -2.99. The molecule has 2 fully saturated rings. The molecule has 3 aliphatic heterocycles. The van der Waals surface area contributed by atoms with Gasteiger partial charge >= 0.3 is 0 Å². The minimum absolute atomic E-state index is 0.130. The molecular formula is C24H26N3O4+. The summed E-state index contributed by atoms with van der Waals surface area (Å²) in [6.45, 7) is 4.28. The Balaban J connectivity index is 1.56. The number of anilines is 1. The first-order valence-electron chi connectivity index (χ1n) is 10.6. The summed E-state index contributed by atoms with van der Waals surface area (Å²) in [6.07, 6.45) is 0. The molecule has 0 aliphatic carbocycles. The number of likely N-dealkylation sites (tertiary alicyclic amines) is 1. The van der Waals surface area contributed by atoms with Gasteiger partial charge in [-0.2, -0.15) is 0 Å². The second kappa shape index (κ2) is 6.92. The van der Waals surface area contributed by atoms with Gasteiger partial charge in [0, 0.05) is 11.5 Å². The van der Waals surface area contributed by atoms with Crippen LogP contribution >= 0.6 is 0 Å². The van der Waals surface area contributed by atoms with Gasteiger partial charge in [0.1, 0.15) is 23.6 Å². The van der Waals surface area contributed by atoms with Crippen molar-refractivity contribution in [3.63, 3.8) is 0 Å².